The van der Waals surface area contributed by atoms with Gasteiger partial charge in [0.2, 0.25) is 5.82 Å². The average molecular weight is 458 g/mol. The van der Waals surface area contributed by atoms with Crippen molar-refractivity contribution in [1.29, 1.82) is 0 Å². The predicted octanol–water partition coefficient (Wildman–Crippen LogP) is 5.21. The summed E-state index contributed by atoms with van der Waals surface area (Å²) < 4.78 is 74.0. The van der Waals surface area contributed by atoms with E-state index in [4.69, 9.17) is 16.3 Å². The Bertz CT molecular complexity index is 931. The van der Waals surface area contributed by atoms with Crippen LogP contribution in [-0.2, 0) is 14.4 Å². The lowest BCUT2D eigenvalue weighted by molar-refractivity contribution is -0.151. The van der Waals surface area contributed by atoms with Crippen molar-refractivity contribution in [1.82, 2.24) is 5.48 Å². The molecule has 1 unspecified atom stereocenters. The number of carbonyl (C=O) groups is 2. The Kier molecular flexibility index (Phi) is 6.74. The van der Waals surface area contributed by atoms with Crippen LogP contribution in [0.3, 0.4) is 0 Å². The Hall–Kier alpha value is -2.40. The molecule has 1 heterocycles. The van der Waals surface area contributed by atoms with Crippen LogP contribution in [0.5, 0.6) is 0 Å². The normalized spacial score (nSPS) is 12.4. The van der Waals surface area contributed by atoms with Gasteiger partial charge in [0.25, 0.3) is 0 Å². The van der Waals surface area contributed by atoms with Crippen LogP contribution in [0, 0.1) is 29.1 Å². The van der Waals surface area contributed by atoms with E-state index < -0.39 is 58.2 Å². The molecule has 0 aliphatic heterocycles. The first kappa shape index (κ1) is 22.9. The Morgan fingerprint density at radius 1 is 1.00 bits per heavy atom. The van der Waals surface area contributed by atoms with Crippen LogP contribution >= 0.6 is 22.9 Å². The topological polar surface area (TPSA) is 64.6 Å². The van der Waals surface area contributed by atoms with E-state index in [9.17, 15) is 31.5 Å². The van der Waals surface area contributed by atoms with Gasteiger partial charge in [-0.2, -0.15) is 0 Å². The van der Waals surface area contributed by atoms with Crippen molar-refractivity contribution in [2.24, 2.45) is 0 Å². The van der Waals surface area contributed by atoms with Crippen LogP contribution in [0.1, 0.15) is 37.1 Å². The molecular formula is C17H13ClF5NO4S. The average Bonchev–Trinajstić information content (AvgIpc) is 3.04. The molecule has 29 heavy (non-hydrogen) atoms. The van der Waals surface area contributed by atoms with E-state index >= 15 is 0 Å². The van der Waals surface area contributed by atoms with E-state index in [1.807, 2.05) is 0 Å². The van der Waals surface area contributed by atoms with Gasteiger partial charge < -0.3 is 9.57 Å². The molecule has 1 amide bonds. The van der Waals surface area contributed by atoms with Crippen molar-refractivity contribution in [2.45, 2.75) is 32.3 Å². The lowest BCUT2D eigenvalue weighted by Gasteiger charge is -2.20. The molecule has 0 aliphatic rings. The summed E-state index contributed by atoms with van der Waals surface area (Å²) in [6, 6.07) is 2.39. The number of hydroxylamine groups is 1. The number of carbonyl (C=O) groups excluding carboxylic acids is 2. The molecule has 12 heteroatoms. The molecule has 158 valence electrons. The number of amides is 1. The van der Waals surface area contributed by atoms with E-state index in [1.165, 1.54) is 26.8 Å². The zero-order valence-electron chi connectivity index (χ0n) is 15.0. The zero-order valence-corrected chi connectivity index (χ0v) is 16.6. The van der Waals surface area contributed by atoms with Gasteiger partial charge in [0.1, 0.15) is 11.5 Å². The number of rotatable bonds is 3. The molecule has 0 saturated heterocycles. The number of halogens is 6. The molecule has 1 aromatic carbocycles. The standard InChI is InChI=1S/C17H13ClF5NO4S/c1-17(2,3)27-16(26)24-28-15(25)8(6-4-5-7(18)29-6)9-10(19)12(21)14(23)13(22)11(9)20/h4-5,8H,1-3H3,(H,24,26). The highest BCUT2D eigenvalue weighted by Gasteiger charge is 2.37. The Morgan fingerprint density at radius 3 is 1.97 bits per heavy atom. The molecule has 1 aromatic heterocycles. The Morgan fingerprint density at radius 2 is 1.52 bits per heavy atom. The molecule has 0 fully saturated rings. The molecule has 2 aromatic rings. The second kappa shape index (κ2) is 8.54. The number of hydrogen-bond donors (Lipinski definition) is 1. The Labute approximate surface area is 170 Å². The van der Waals surface area contributed by atoms with Gasteiger partial charge in [-0.25, -0.2) is 31.5 Å². The number of ether oxygens (including phenoxy) is 1. The summed E-state index contributed by atoms with van der Waals surface area (Å²) >= 11 is 6.39. The number of benzene rings is 1. The second-order valence-corrected chi connectivity index (χ2v) is 8.33. The fraction of sp³-hybridized carbons (Fsp3) is 0.294. The monoisotopic (exact) mass is 457 g/mol. The SMILES string of the molecule is CC(C)(C)OC(=O)NOC(=O)C(c1ccc(Cl)s1)c1c(F)c(F)c(F)c(F)c1F. The lowest BCUT2D eigenvalue weighted by atomic mass is 9.95. The number of nitrogens with one attached hydrogen (secondary N) is 1. The van der Waals surface area contributed by atoms with Gasteiger partial charge in [-0.1, -0.05) is 11.6 Å². The second-order valence-electron chi connectivity index (χ2n) is 6.58. The molecule has 0 spiro atoms. The van der Waals surface area contributed by atoms with E-state index in [1.54, 1.807) is 5.48 Å². The molecule has 1 N–H and O–H groups in total. The minimum atomic E-state index is -2.38. The molecule has 0 saturated carbocycles. The van der Waals surface area contributed by atoms with E-state index in [2.05, 4.69) is 4.84 Å². The van der Waals surface area contributed by atoms with Crippen LogP contribution in [-0.4, -0.2) is 17.7 Å². The quantitative estimate of drug-likeness (QED) is 0.297. The molecule has 1 atom stereocenters. The van der Waals surface area contributed by atoms with E-state index in [-0.39, 0.29) is 9.21 Å². The molecule has 5 nitrogen and oxygen atoms in total. The maximum atomic E-state index is 14.3. The summed E-state index contributed by atoms with van der Waals surface area (Å²) in [6.07, 6.45) is -1.22. The molecular weight excluding hydrogens is 445 g/mol. The third-order valence-electron chi connectivity index (χ3n) is 3.28. The minimum Gasteiger partial charge on any atom is -0.442 e. The first-order chi connectivity index (χ1) is 13.3. The molecule has 0 aliphatic carbocycles. The summed E-state index contributed by atoms with van der Waals surface area (Å²) in [7, 11) is 0. The first-order valence-corrected chi connectivity index (χ1v) is 8.99. The van der Waals surface area contributed by atoms with Gasteiger partial charge in [-0.15, -0.1) is 16.8 Å². The lowest BCUT2D eigenvalue weighted by Crippen LogP contribution is -2.35. The summed E-state index contributed by atoms with van der Waals surface area (Å²) in [6.45, 7) is 4.54. The van der Waals surface area contributed by atoms with Crippen LogP contribution in [0.25, 0.3) is 0 Å². The van der Waals surface area contributed by atoms with Gasteiger partial charge in [-0.05, 0) is 32.9 Å². The molecule has 0 bridgehead atoms. The highest BCUT2D eigenvalue weighted by atomic mass is 35.5. The van der Waals surface area contributed by atoms with Crippen LogP contribution in [0.2, 0.25) is 4.34 Å². The van der Waals surface area contributed by atoms with Gasteiger partial charge in [0.05, 0.1) is 4.34 Å². The van der Waals surface area contributed by atoms with Gasteiger partial charge >= 0.3 is 12.1 Å². The highest BCUT2D eigenvalue weighted by molar-refractivity contribution is 7.16. The summed E-state index contributed by atoms with van der Waals surface area (Å²) in [4.78, 5) is 28.3. The van der Waals surface area contributed by atoms with Crippen molar-refractivity contribution >= 4 is 35.0 Å². The van der Waals surface area contributed by atoms with Crippen LogP contribution < -0.4 is 5.48 Å². The van der Waals surface area contributed by atoms with E-state index in [0.29, 0.717) is 11.3 Å². The Balaban J connectivity index is 2.45. The first-order valence-electron chi connectivity index (χ1n) is 7.79. The number of hydrogen-bond acceptors (Lipinski definition) is 5. The van der Waals surface area contributed by atoms with Crippen molar-refractivity contribution in [3.8, 4) is 0 Å². The van der Waals surface area contributed by atoms with Crippen molar-refractivity contribution in [3.05, 3.63) is 56.0 Å². The fourth-order valence-corrected chi connectivity index (χ4v) is 3.34. The molecule has 0 radical (unpaired) electrons. The van der Waals surface area contributed by atoms with Crippen molar-refractivity contribution in [3.63, 3.8) is 0 Å². The van der Waals surface area contributed by atoms with Crippen molar-refractivity contribution in [2.75, 3.05) is 0 Å². The summed E-state index contributed by atoms with van der Waals surface area (Å²) in [5, 5.41) is 0. The fourth-order valence-electron chi connectivity index (χ4n) is 2.18. The zero-order chi connectivity index (χ0) is 22.1. The number of thiophene rings is 1. The maximum Gasteiger partial charge on any atom is 0.441 e. The smallest absolute Gasteiger partial charge is 0.441 e. The minimum absolute atomic E-state index is 0.0711. The van der Waals surface area contributed by atoms with Gasteiger partial charge in [0, 0.05) is 10.4 Å². The third kappa shape index (κ3) is 5.15. The third-order valence-corrected chi connectivity index (χ3v) is 4.58. The van der Waals surface area contributed by atoms with Gasteiger partial charge in [0.15, 0.2) is 23.3 Å². The molecule has 2 rings (SSSR count). The summed E-state index contributed by atoms with van der Waals surface area (Å²) in [5.41, 5.74) is -0.808. The van der Waals surface area contributed by atoms with Gasteiger partial charge in [-0.3, -0.25) is 0 Å². The van der Waals surface area contributed by atoms with Crippen molar-refractivity contribution < 1.29 is 41.1 Å². The highest BCUT2D eigenvalue weighted by Crippen LogP contribution is 2.38. The predicted molar refractivity (Wildman–Crippen MR) is 92.9 cm³/mol. The van der Waals surface area contributed by atoms with Crippen LogP contribution in [0.4, 0.5) is 26.7 Å². The maximum absolute atomic E-state index is 14.3. The van der Waals surface area contributed by atoms with Crippen LogP contribution in [0.15, 0.2) is 12.1 Å². The largest absolute Gasteiger partial charge is 0.442 e. The van der Waals surface area contributed by atoms with E-state index in [0.717, 1.165) is 6.07 Å². The summed E-state index contributed by atoms with van der Waals surface area (Å²) in [5.74, 6) is -14.9.